The Bertz CT molecular complexity index is 261. The molecule has 0 aliphatic carbocycles. The van der Waals surface area contributed by atoms with E-state index in [2.05, 4.69) is 26.0 Å². The maximum Gasteiger partial charge on any atom is 0.146 e. The second-order valence-electron chi connectivity index (χ2n) is 2.50. The predicted octanol–water partition coefficient (Wildman–Crippen LogP) is -1.23. The summed E-state index contributed by atoms with van der Waals surface area (Å²) in [7, 11) is 0. The highest BCUT2D eigenvalue weighted by atomic mass is 16.1. The molecule has 2 N–H and O–H groups in total. The van der Waals surface area contributed by atoms with Gasteiger partial charge in [0.05, 0.1) is 12.4 Å². The van der Waals surface area contributed by atoms with Crippen LogP contribution in [-0.2, 0) is 4.79 Å². The molecule has 0 radical (unpaired) electrons. The van der Waals surface area contributed by atoms with Gasteiger partial charge >= 0.3 is 0 Å². The molecule has 1 aliphatic heterocycles. The molecule has 14 heavy (non-hydrogen) atoms. The van der Waals surface area contributed by atoms with E-state index in [4.69, 9.17) is 0 Å². The Hall–Kier alpha value is -1.78. The third kappa shape index (κ3) is 4.30. The summed E-state index contributed by atoms with van der Waals surface area (Å²) < 4.78 is 0. The van der Waals surface area contributed by atoms with Crippen molar-refractivity contribution in [3.8, 4) is 0 Å². The molecule has 1 aliphatic rings. The second kappa shape index (κ2) is 6.71. The summed E-state index contributed by atoms with van der Waals surface area (Å²) >= 11 is 0. The molecule has 2 rings (SSSR count). The van der Waals surface area contributed by atoms with Crippen LogP contribution in [0.1, 0.15) is 0 Å². The average molecular weight is 193 g/mol. The first-order valence-electron chi connectivity index (χ1n) is 4.20. The maximum absolute atomic E-state index is 9.90. The van der Waals surface area contributed by atoms with Gasteiger partial charge in [-0.05, 0) is 11.3 Å². The first-order valence-corrected chi connectivity index (χ1v) is 4.20. The molecule has 2 heterocycles. The van der Waals surface area contributed by atoms with Crippen molar-refractivity contribution in [3.63, 3.8) is 0 Å². The van der Waals surface area contributed by atoms with Crippen molar-refractivity contribution in [3.05, 3.63) is 24.2 Å². The quantitative estimate of drug-likeness (QED) is 0.502. The van der Waals surface area contributed by atoms with Crippen molar-refractivity contribution >= 4 is 5.94 Å². The van der Waals surface area contributed by atoms with Crippen molar-refractivity contribution in [2.45, 2.75) is 0 Å². The van der Waals surface area contributed by atoms with Crippen molar-refractivity contribution in [1.29, 1.82) is 0 Å². The molecule has 1 aromatic rings. The van der Waals surface area contributed by atoms with E-state index in [1.165, 1.54) is 0 Å². The zero-order chi connectivity index (χ0) is 10.1. The molecule has 74 valence electrons. The van der Waals surface area contributed by atoms with Gasteiger partial charge in [-0.1, -0.05) is 0 Å². The van der Waals surface area contributed by atoms with Crippen LogP contribution in [0.4, 0.5) is 0 Å². The van der Waals surface area contributed by atoms with Crippen molar-refractivity contribution in [2.24, 2.45) is 0 Å². The lowest BCUT2D eigenvalue weighted by atomic mass is 10.4. The van der Waals surface area contributed by atoms with Gasteiger partial charge in [0, 0.05) is 19.6 Å². The Labute approximate surface area is 81.4 Å². The van der Waals surface area contributed by atoms with E-state index in [0.29, 0.717) is 12.2 Å². The predicted molar refractivity (Wildman–Crippen MR) is 49.9 cm³/mol. The first kappa shape index (κ1) is 10.3. The minimum absolute atomic E-state index is 0.635. The molecule has 0 bridgehead atoms. The van der Waals surface area contributed by atoms with Gasteiger partial charge in [-0.15, -0.1) is 10.2 Å². The van der Waals surface area contributed by atoms with Crippen molar-refractivity contribution in [2.75, 3.05) is 19.6 Å². The fourth-order valence-electron chi connectivity index (χ4n) is 0.855. The number of aromatic nitrogens is 3. The Kier molecular flexibility index (Phi) is 4.93. The molecule has 6 heteroatoms. The maximum atomic E-state index is 9.90. The minimum Gasteiger partial charge on any atom is -0.377 e. The van der Waals surface area contributed by atoms with Gasteiger partial charge in [0.2, 0.25) is 0 Å². The zero-order valence-electron chi connectivity index (χ0n) is 7.60. The van der Waals surface area contributed by atoms with Crippen LogP contribution in [0.15, 0.2) is 24.2 Å². The van der Waals surface area contributed by atoms with Gasteiger partial charge in [-0.25, -0.2) is 4.79 Å². The van der Waals surface area contributed by atoms with E-state index in [9.17, 15) is 4.79 Å². The van der Waals surface area contributed by atoms with E-state index in [0.717, 1.165) is 13.1 Å². The van der Waals surface area contributed by atoms with E-state index >= 15 is 0 Å². The van der Waals surface area contributed by atoms with Crippen molar-refractivity contribution < 1.29 is 4.79 Å². The number of carbonyl (C=O) groups excluding carboxylic acids is 1. The smallest absolute Gasteiger partial charge is 0.146 e. The summed E-state index contributed by atoms with van der Waals surface area (Å²) in [6.45, 7) is 2.42. The molecular formula is C8H11N5O. The lowest BCUT2D eigenvalue weighted by Gasteiger charge is -2.13. The lowest BCUT2D eigenvalue weighted by Crippen LogP contribution is -2.38. The van der Waals surface area contributed by atoms with E-state index in [-0.39, 0.29) is 0 Å². The van der Waals surface area contributed by atoms with Crippen LogP contribution in [0, 0.1) is 0 Å². The molecule has 6 nitrogen and oxygen atoms in total. The molecule has 0 unspecified atom stereocenters. The largest absolute Gasteiger partial charge is 0.377 e. The van der Waals surface area contributed by atoms with Crippen LogP contribution in [0.5, 0.6) is 0 Å². The molecule has 1 aromatic heterocycles. The summed E-state index contributed by atoms with van der Waals surface area (Å²) in [5, 5.41) is 16.1. The van der Waals surface area contributed by atoms with Crippen LogP contribution < -0.4 is 10.6 Å². The monoisotopic (exact) mass is 193 g/mol. The van der Waals surface area contributed by atoms with Gasteiger partial charge in [-0.2, -0.15) is 0 Å². The summed E-state index contributed by atoms with van der Waals surface area (Å²) in [4.78, 5) is 9.90. The van der Waals surface area contributed by atoms with Crippen LogP contribution in [0.2, 0.25) is 0 Å². The third-order valence-electron chi connectivity index (χ3n) is 1.47. The average Bonchev–Trinajstić information content (AvgIpc) is 2.33. The number of hydrogen-bond donors (Lipinski definition) is 2. The minimum atomic E-state index is 0.635. The topological polar surface area (TPSA) is 79.8 Å². The molecule has 0 saturated carbocycles. The van der Waals surface area contributed by atoms with E-state index < -0.39 is 0 Å². The molecule has 0 atom stereocenters. The molecule has 1 fully saturated rings. The Morgan fingerprint density at radius 1 is 1.29 bits per heavy atom. The first-order chi connectivity index (χ1) is 6.93. The van der Waals surface area contributed by atoms with Crippen LogP contribution in [0.3, 0.4) is 0 Å². The summed E-state index contributed by atoms with van der Waals surface area (Å²) in [5.41, 5.74) is 0.635. The molecule has 0 spiro atoms. The Balaban J connectivity index is 0.000000146. The molecule has 0 amide bonds. The van der Waals surface area contributed by atoms with Gasteiger partial charge in [0.1, 0.15) is 11.6 Å². The standard InChI is InChI=1S/C5H8N2O.C3H3N3/c8-4-5-3-6-1-2-7-5;1-2-4-6-5-3-1/h6-7H,1-3H2;1-3H. The Morgan fingerprint density at radius 3 is 2.36 bits per heavy atom. The highest BCUT2D eigenvalue weighted by Gasteiger charge is 2.00. The van der Waals surface area contributed by atoms with Crippen LogP contribution in [-0.4, -0.2) is 41.0 Å². The van der Waals surface area contributed by atoms with Crippen molar-refractivity contribution in [1.82, 2.24) is 26.0 Å². The molecular weight excluding hydrogens is 182 g/mol. The SMILES string of the molecule is O=C=C1CNCCN1.c1cnnnc1. The summed E-state index contributed by atoms with van der Waals surface area (Å²) in [5.74, 6) is 1.80. The number of piperazine rings is 1. The zero-order valence-corrected chi connectivity index (χ0v) is 7.60. The second-order valence-corrected chi connectivity index (χ2v) is 2.50. The fraction of sp³-hybridized carbons (Fsp3) is 0.375. The van der Waals surface area contributed by atoms with Crippen LogP contribution >= 0.6 is 0 Å². The van der Waals surface area contributed by atoms with Gasteiger partial charge in [0.25, 0.3) is 0 Å². The normalized spacial score (nSPS) is 14.4. The molecule has 0 aromatic carbocycles. The van der Waals surface area contributed by atoms with Gasteiger partial charge < -0.3 is 10.6 Å². The number of rotatable bonds is 0. The number of nitrogens with one attached hydrogen (secondary N) is 2. The Morgan fingerprint density at radius 2 is 2.07 bits per heavy atom. The third-order valence-corrected chi connectivity index (χ3v) is 1.47. The molecule has 1 saturated heterocycles. The fourth-order valence-corrected chi connectivity index (χ4v) is 0.855. The van der Waals surface area contributed by atoms with E-state index in [1.54, 1.807) is 24.4 Å². The summed E-state index contributed by atoms with van der Waals surface area (Å²) in [6.07, 6.45) is 3.15. The number of hydrogen-bond acceptors (Lipinski definition) is 6. The van der Waals surface area contributed by atoms with E-state index in [1.807, 2.05) is 0 Å². The lowest BCUT2D eigenvalue weighted by molar-refractivity contribution is 0.551. The highest BCUT2D eigenvalue weighted by Crippen LogP contribution is 1.81. The number of nitrogens with zero attached hydrogens (tertiary/aromatic N) is 3. The highest BCUT2D eigenvalue weighted by molar-refractivity contribution is 5.52. The van der Waals surface area contributed by atoms with Gasteiger partial charge in [0.15, 0.2) is 0 Å². The van der Waals surface area contributed by atoms with Crippen LogP contribution in [0.25, 0.3) is 0 Å². The summed E-state index contributed by atoms with van der Waals surface area (Å²) in [6, 6.07) is 1.72. The van der Waals surface area contributed by atoms with Gasteiger partial charge in [-0.3, -0.25) is 0 Å².